The molecular formula is C26H26ClN5O. The third-order valence-electron chi connectivity index (χ3n) is 6.04. The first kappa shape index (κ1) is 21.6. The lowest BCUT2D eigenvalue weighted by molar-refractivity contribution is 0.0939. The maximum Gasteiger partial charge on any atom is 0.270 e. The molecule has 1 saturated heterocycles. The molecule has 2 aromatic heterocycles. The summed E-state index contributed by atoms with van der Waals surface area (Å²) in [5.74, 6) is -0.171. The van der Waals surface area contributed by atoms with E-state index in [9.17, 15) is 4.79 Å². The minimum atomic E-state index is -0.171. The van der Waals surface area contributed by atoms with E-state index in [1.54, 1.807) is 10.6 Å². The van der Waals surface area contributed by atoms with Gasteiger partial charge < -0.3 is 10.2 Å². The van der Waals surface area contributed by atoms with Crippen LogP contribution in [0, 0.1) is 0 Å². The molecule has 6 nitrogen and oxygen atoms in total. The number of aromatic nitrogens is 3. The first-order valence-electron chi connectivity index (χ1n) is 11.4. The third kappa shape index (κ3) is 4.77. The van der Waals surface area contributed by atoms with Crippen LogP contribution in [0.3, 0.4) is 0 Å². The quantitative estimate of drug-likeness (QED) is 0.444. The SMILES string of the molecule is O=C(NCCN1CCCCC1)c1cc(-c2ccccc2Cl)nc2cc(-c3ccccc3)nn12. The number of nitrogens with zero attached hydrogens (tertiary/aromatic N) is 4. The van der Waals surface area contributed by atoms with E-state index < -0.39 is 0 Å². The van der Waals surface area contributed by atoms with Crippen LogP contribution in [0.25, 0.3) is 28.2 Å². The number of piperidine rings is 1. The smallest absolute Gasteiger partial charge is 0.270 e. The number of hydrogen-bond acceptors (Lipinski definition) is 4. The third-order valence-corrected chi connectivity index (χ3v) is 6.37. The lowest BCUT2D eigenvalue weighted by atomic mass is 10.1. The molecule has 1 aliphatic heterocycles. The van der Waals surface area contributed by atoms with Crippen LogP contribution in [-0.4, -0.2) is 51.6 Å². The highest BCUT2D eigenvalue weighted by Crippen LogP contribution is 2.28. The number of carbonyl (C=O) groups is 1. The van der Waals surface area contributed by atoms with Crippen molar-refractivity contribution in [2.45, 2.75) is 19.3 Å². The van der Waals surface area contributed by atoms with Crippen LogP contribution in [0.1, 0.15) is 29.8 Å². The molecule has 0 atom stereocenters. The fourth-order valence-corrected chi connectivity index (χ4v) is 4.53. The summed E-state index contributed by atoms with van der Waals surface area (Å²) >= 11 is 6.44. The van der Waals surface area contributed by atoms with E-state index in [2.05, 4.69) is 10.2 Å². The molecule has 7 heteroatoms. The number of nitrogens with one attached hydrogen (secondary N) is 1. The van der Waals surface area contributed by atoms with Gasteiger partial charge in [0.05, 0.1) is 11.4 Å². The van der Waals surface area contributed by atoms with Crippen molar-refractivity contribution in [3.63, 3.8) is 0 Å². The minimum absolute atomic E-state index is 0.171. The van der Waals surface area contributed by atoms with Gasteiger partial charge in [0, 0.05) is 35.3 Å². The van der Waals surface area contributed by atoms with E-state index in [0.717, 1.165) is 36.5 Å². The van der Waals surface area contributed by atoms with Crippen LogP contribution in [0.15, 0.2) is 66.7 Å². The Hall–Kier alpha value is -3.22. The fraction of sp³-hybridized carbons (Fsp3) is 0.269. The Labute approximate surface area is 198 Å². The van der Waals surface area contributed by atoms with E-state index in [1.807, 2.05) is 60.7 Å². The summed E-state index contributed by atoms with van der Waals surface area (Å²) in [6.07, 6.45) is 3.76. The molecule has 1 amide bonds. The normalized spacial score (nSPS) is 14.5. The number of fused-ring (bicyclic) bond motifs is 1. The Morgan fingerprint density at radius 3 is 2.48 bits per heavy atom. The van der Waals surface area contributed by atoms with E-state index in [-0.39, 0.29) is 5.91 Å². The van der Waals surface area contributed by atoms with Crippen molar-refractivity contribution in [1.29, 1.82) is 0 Å². The number of rotatable bonds is 6. The Balaban J connectivity index is 1.49. The Bertz CT molecular complexity index is 1260. The molecule has 3 heterocycles. The second-order valence-corrected chi connectivity index (χ2v) is 8.74. The molecule has 0 radical (unpaired) electrons. The van der Waals surface area contributed by atoms with Gasteiger partial charge in [-0.2, -0.15) is 5.10 Å². The molecule has 1 aliphatic rings. The van der Waals surface area contributed by atoms with Crippen molar-refractivity contribution in [3.8, 4) is 22.5 Å². The zero-order valence-electron chi connectivity index (χ0n) is 18.4. The predicted octanol–water partition coefficient (Wildman–Crippen LogP) is 4.93. The molecule has 168 valence electrons. The topological polar surface area (TPSA) is 62.5 Å². The molecule has 0 spiro atoms. The van der Waals surface area contributed by atoms with Crippen LogP contribution >= 0.6 is 11.6 Å². The van der Waals surface area contributed by atoms with Crippen molar-refractivity contribution in [2.24, 2.45) is 0 Å². The van der Waals surface area contributed by atoms with Crippen molar-refractivity contribution in [1.82, 2.24) is 24.8 Å². The van der Waals surface area contributed by atoms with Gasteiger partial charge in [0.2, 0.25) is 0 Å². The Morgan fingerprint density at radius 1 is 0.939 bits per heavy atom. The largest absolute Gasteiger partial charge is 0.349 e. The number of hydrogen-bond donors (Lipinski definition) is 1. The molecule has 33 heavy (non-hydrogen) atoms. The van der Waals surface area contributed by atoms with Gasteiger partial charge >= 0.3 is 0 Å². The molecule has 0 aliphatic carbocycles. The average Bonchev–Trinajstić information content (AvgIpc) is 3.29. The highest BCUT2D eigenvalue weighted by Gasteiger charge is 2.18. The molecular weight excluding hydrogens is 434 g/mol. The summed E-state index contributed by atoms with van der Waals surface area (Å²) in [4.78, 5) is 20.4. The van der Waals surface area contributed by atoms with Crippen LogP contribution in [0.2, 0.25) is 5.02 Å². The molecule has 0 unspecified atom stereocenters. The monoisotopic (exact) mass is 459 g/mol. The summed E-state index contributed by atoms with van der Waals surface area (Å²) < 4.78 is 1.62. The molecule has 1 fully saturated rings. The lowest BCUT2D eigenvalue weighted by Crippen LogP contribution is -2.38. The highest BCUT2D eigenvalue weighted by molar-refractivity contribution is 6.33. The van der Waals surface area contributed by atoms with Crippen molar-refractivity contribution >= 4 is 23.2 Å². The number of amides is 1. The van der Waals surface area contributed by atoms with Gasteiger partial charge in [-0.05, 0) is 38.1 Å². The van der Waals surface area contributed by atoms with Gasteiger partial charge in [0.15, 0.2) is 5.65 Å². The van der Waals surface area contributed by atoms with Crippen molar-refractivity contribution in [3.05, 3.63) is 77.4 Å². The van der Waals surface area contributed by atoms with Gasteiger partial charge in [-0.3, -0.25) is 4.79 Å². The number of carbonyl (C=O) groups excluding carboxylic acids is 1. The van der Waals surface area contributed by atoms with E-state index in [4.69, 9.17) is 21.7 Å². The van der Waals surface area contributed by atoms with Crippen molar-refractivity contribution in [2.75, 3.05) is 26.2 Å². The van der Waals surface area contributed by atoms with Gasteiger partial charge in [0.25, 0.3) is 5.91 Å². The van der Waals surface area contributed by atoms with Crippen LogP contribution in [-0.2, 0) is 0 Å². The highest BCUT2D eigenvalue weighted by atomic mass is 35.5. The molecule has 0 bridgehead atoms. The van der Waals surface area contributed by atoms with Crippen LogP contribution < -0.4 is 5.32 Å². The Kier molecular flexibility index (Phi) is 6.37. The van der Waals surface area contributed by atoms with Gasteiger partial charge in [-0.15, -0.1) is 0 Å². The predicted molar refractivity (Wildman–Crippen MR) is 131 cm³/mol. The summed E-state index contributed by atoms with van der Waals surface area (Å²) in [5, 5.41) is 8.38. The first-order valence-corrected chi connectivity index (χ1v) is 11.8. The summed E-state index contributed by atoms with van der Waals surface area (Å²) in [6.45, 7) is 3.65. The van der Waals surface area contributed by atoms with E-state index in [1.165, 1.54) is 19.3 Å². The second kappa shape index (κ2) is 9.73. The summed E-state index contributed by atoms with van der Waals surface area (Å²) in [7, 11) is 0. The van der Waals surface area contributed by atoms with E-state index >= 15 is 0 Å². The summed E-state index contributed by atoms with van der Waals surface area (Å²) in [6, 6.07) is 21.1. The minimum Gasteiger partial charge on any atom is -0.349 e. The molecule has 4 aromatic rings. The number of halogens is 1. The van der Waals surface area contributed by atoms with Crippen molar-refractivity contribution < 1.29 is 4.79 Å². The lowest BCUT2D eigenvalue weighted by Gasteiger charge is -2.26. The number of benzene rings is 2. The van der Waals surface area contributed by atoms with Gasteiger partial charge in [-0.1, -0.05) is 66.6 Å². The van der Waals surface area contributed by atoms with Crippen LogP contribution in [0.4, 0.5) is 0 Å². The molecule has 5 rings (SSSR count). The maximum atomic E-state index is 13.3. The first-order chi connectivity index (χ1) is 16.2. The zero-order valence-corrected chi connectivity index (χ0v) is 19.1. The second-order valence-electron chi connectivity index (χ2n) is 8.33. The molecule has 2 aromatic carbocycles. The van der Waals surface area contributed by atoms with Gasteiger partial charge in [0.1, 0.15) is 5.69 Å². The Morgan fingerprint density at radius 2 is 1.70 bits per heavy atom. The maximum absolute atomic E-state index is 13.3. The zero-order chi connectivity index (χ0) is 22.6. The number of likely N-dealkylation sites (tertiary alicyclic amines) is 1. The van der Waals surface area contributed by atoms with Crippen LogP contribution in [0.5, 0.6) is 0 Å². The van der Waals surface area contributed by atoms with Gasteiger partial charge in [-0.25, -0.2) is 9.50 Å². The van der Waals surface area contributed by atoms with E-state index in [0.29, 0.717) is 28.6 Å². The fourth-order valence-electron chi connectivity index (χ4n) is 4.29. The molecule has 0 saturated carbocycles. The summed E-state index contributed by atoms with van der Waals surface area (Å²) in [5.41, 5.74) is 4.21. The average molecular weight is 460 g/mol. The molecule has 1 N–H and O–H groups in total. The standard InChI is InChI=1S/C26H26ClN5O/c27-21-12-6-5-11-20(21)23-17-24(26(33)28-13-16-31-14-7-2-8-15-31)32-25(29-23)18-22(30-32)19-9-3-1-4-10-19/h1,3-6,9-12,17-18H,2,7-8,13-16H2,(H,28,33).